The molecule has 21 heavy (non-hydrogen) atoms. The van der Waals surface area contributed by atoms with E-state index in [4.69, 9.17) is 11.5 Å². The molecule has 124 valence electrons. The Morgan fingerprint density at radius 3 is 1.67 bits per heavy atom. The van der Waals surface area contributed by atoms with Crippen molar-refractivity contribution in [1.29, 1.82) is 0 Å². The predicted molar refractivity (Wildman–Crippen MR) is 84.7 cm³/mol. The van der Waals surface area contributed by atoms with E-state index >= 15 is 0 Å². The van der Waals surface area contributed by atoms with Gasteiger partial charge in [0.05, 0.1) is 12.5 Å². The number of carbonyl (C=O) groups is 2. The standard InChI is InChI=1S/C14H31N5O2/c1-17(2)7-5-9-19(10-6-8-18(3)4)14(21)12(15)11-13(16)20/h12H,5-11,15H2,1-4H3,(H2,16,20). The molecule has 2 amide bonds. The van der Waals surface area contributed by atoms with Crippen LogP contribution in [0.3, 0.4) is 0 Å². The van der Waals surface area contributed by atoms with E-state index in [0.29, 0.717) is 13.1 Å². The summed E-state index contributed by atoms with van der Waals surface area (Å²) in [6.45, 7) is 3.11. The molecule has 1 unspecified atom stereocenters. The first-order valence-electron chi connectivity index (χ1n) is 7.36. The van der Waals surface area contributed by atoms with Crippen LogP contribution >= 0.6 is 0 Å². The summed E-state index contributed by atoms with van der Waals surface area (Å²) in [7, 11) is 7.99. The molecule has 0 aliphatic heterocycles. The highest BCUT2D eigenvalue weighted by Crippen LogP contribution is 2.02. The first-order chi connectivity index (χ1) is 9.73. The highest BCUT2D eigenvalue weighted by Gasteiger charge is 2.22. The molecular formula is C14H31N5O2. The molecule has 0 aliphatic rings. The van der Waals surface area contributed by atoms with Gasteiger partial charge in [0.15, 0.2) is 0 Å². The Morgan fingerprint density at radius 2 is 1.33 bits per heavy atom. The van der Waals surface area contributed by atoms with Crippen LogP contribution in [0.4, 0.5) is 0 Å². The molecule has 0 radical (unpaired) electrons. The highest BCUT2D eigenvalue weighted by atomic mass is 16.2. The quantitative estimate of drug-likeness (QED) is 0.506. The van der Waals surface area contributed by atoms with E-state index in [-0.39, 0.29) is 12.3 Å². The van der Waals surface area contributed by atoms with Crippen molar-refractivity contribution in [2.24, 2.45) is 11.5 Å². The molecule has 0 saturated carbocycles. The topological polar surface area (TPSA) is 95.9 Å². The van der Waals surface area contributed by atoms with Crippen molar-refractivity contribution in [2.45, 2.75) is 25.3 Å². The van der Waals surface area contributed by atoms with Crippen LogP contribution in [0.25, 0.3) is 0 Å². The molecule has 7 nitrogen and oxygen atoms in total. The molecule has 0 saturated heterocycles. The molecule has 1 atom stereocenters. The number of carbonyl (C=O) groups excluding carboxylic acids is 2. The molecule has 7 heteroatoms. The second kappa shape index (κ2) is 10.5. The molecule has 0 aromatic rings. The fraction of sp³-hybridized carbons (Fsp3) is 0.857. The Balaban J connectivity index is 4.45. The lowest BCUT2D eigenvalue weighted by Gasteiger charge is -2.26. The van der Waals surface area contributed by atoms with Crippen LogP contribution in [0.2, 0.25) is 0 Å². The smallest absolute Gasteiger partial charge is 0.240 e. The van der Waals surface area contributed by atoms with E-state index in [1.807, 2.05) is 28.2 Å². The maximum absolute atomic E-state index is 12.3. The van der Waals surface area contributed by atoms with Gasteiger partial charge >= 0.3 is 0 Å². The summed E-state index contributed by atoms with van der Waals surface area (Å²) in [5.74, 6) is -0.733. The van der Waals surface area contributed by atoms with Crippen molar-refractivity contribution in [3.63, 3.8) is 0 Å². The SMILES string of the molecule is CN(C)CCCN(CCCN(C)C)C(=O)C(N)CC(N)=O. The zero-order valence-corrected chi connectivity index (χ0v) is 13.8. The molecule has 0 aromatic heterocycles. The van der Waals surface area contributed by atoms with Crippen LogP contribution < -0.4 is 11.5 Å². The third-order valence-corrected chi connectivity index (χ3v) is 3.12. The van der Waals surface area contributed by atoms with Crippen LogP contribution in [0.15, 0.2) is 0 Å². The Morgan fingerprint density at radius 1 is 0.905 bits per heavy atom. The molecule has 0 spiro atoms. The minimum atomic E-state index is -0.832. The normalized spacial score (nSPS) is 12.7. The number of amides is 2. The maximum Gasteiger partial charge on any atom is 0.240 e. The number of nitrogens with zero attached hydrogens (tertiary/aromatic N) is 3. The van der Waals surface area contributed by atoms with Crippen molar-refractivity contribution in [3.05, 3.63) is 0 Å². The third kappa shape index (κ3) is 10.2. The average molecular weight is 301 g/mol. The fourth-order valence-corrected chi connectivity index (χ4v) is 2.03. The van der Waals surface area contributed by atoms with Crippen molar-refractivity contribution in [1.82, 2.24) is 14.7 Å². The number of nitrogens with two attached hydrogens (primary N) is 2. The Labute approximate surface area is 128 Å². The van der Waals surface area contributed by atoms with E-state index in [1.165, 1.54) is 0 Å². The number of primary amides is 1. The lowest BCUT2D eigenvalue weighted by Crippen LogP contribution is -2.47. The van der Waals surface area contributed by atoms with Crippen LogP contribution in [-0.4, -0.2) is 86.9 Å². The van der Waals surface area contributed by atoms with Gasteiger partial charge in [-0.15, -0.1) is 0 Å². The average Bonchev–Trinajstić information content (AvgIpc) is 2.34. The van der Waals surface area contributed by atoms with Gasteiger partial charge in [0, 0.05) is 13.1 Å². The van der Waals surface area contributed by atoms with Gasteiger partial charge in [-0.2, -0.15) is 0 Å². The van der Waals surface area contributed by atoms with Gasteiger partial charge in [0.2, 0.25) is 11.8 Å². The number of hydrogen-bond acceptors (Lipinski definition) is 5. The first kappa shape index (κ1) is 19.8. The summed E-state index contributed by atoms with van der Waals surface area (Å²) < 4.78 is 0. The van der Waals surface area contributed by atoms with Crippen molar-refractivity contribution < 1.29 is 9.59 Å². The van der Waals surface area contributed by atoms with Crippen molar-refractivity contribution in [2.75, 3.05) is 54.4 Å². The summed E-state index contributed by atoms with van der Waals surface area (Å²) >= 11 is 0. The van der Waals surface area contributed by atoms with Crippen LogP contribution in [0, 0.1) is 0 Å². The minimum absolute atomic E-state index is 0.101. The molecule has 0 fully saturated rings. The molecule has 0 aromatic carbocycles. The maximum atomic E-state index is 12.3. The number of hydrogen-bond donors (Lipinski definition) is 2. The van der Waals surface area contributed by atoms with E-state index in [2.05, 4.69) is 9.80 Å². The van der Waals surface area contributed by atoms with Crippen LogP contribution in [0.5, 0.6) is 0 Å². The Kier molecular flexibility index (Phi) is 9.94. The predicted octanol–water partition coefficient (Wildman–Crippen LogP) is -1.08. The van der Waals surface area contributed by atoms with Crippen molar-refractivity contribution >= 4 is 11.8 Å². The zero-order chi connectivity index (χ0) is 16.4. The molecule has 0 aliphatic carbocycles. The first-order valence-corrected chi connectivity index (χ1v) is 7.36. The van der Waals surface area contributed by atoms with E-state index < -0.39 is 11.9 Å². The lowest BCUT2D eigenvalue weighted by molar-refractivity contribution is -0.134. The van der Waals surface area contributed by atoms with Gasteiger partial charge in [-0.3, -0.25) is 9.59 Å². The molecule has 0 heterocycles. The Hall–Kier alpha value is -1.18. The van der Waals surface area contributed by atoms with Crippen molar-refractivity contribution in [3.8, 4) is 0 Å². The molecular weight excluding hydrogens is 270 g/mol. The van der Waals surface area contributed by atoms with Gasteiger partial charge in [0.25, 0.3) is 0 Å². The third-order valence-electron chi connectivity index (χ3n) is 3.12. The van der Waals surface area contributed by atoms with Gasteiger partial charge in [0.1, 0.15) is 0 Å². The van der Waals surface area contributed by atoms with Gasteiger partial charge in [-0.1, -0.05) is 0 Å². The fourth-order valence-electron chi connectivity index (χ4n) is 2.03. The molecule has 0 rings (SSSR count). The summed E-state index contributed by atoms with van der Waals surface area (Å²) in [5, 5.41) is 0. The second-order valence-electron chi connectivity index (χ2n) is 5.92. The largest absolute Gasteiger partial charge is 0.370 e. The highest BCUT2D eigenvalue weighted by molar-refractivity contribution is 5.87. The van der Waals surface area contributed by atoms with Crippen LogP contribution in [0.1, 0.15) is 19.3 Å². The van der Waals surface area contributed by atoms with E-state index in [0.717, 1.165) is 25.9 Å². The number of rotatable bonds is 11. The minimum Gasteiger partial charge on any atom is -0.370 e. The lowest BCUT2D eigenvalue weighted by atomic mass is 10.1. The van der Waals surface area contributed by atoms with Gasteiger partial charge in [-0.05, 0) is 54.1 Å². The summed E-state index contributed by atoms with van der Waals surface area (Å²) in [6, 6.07) is -0.832. The Bertz CT molecular complexity index is 306. The second-order valence-corrected chi connectivity index (χ2v) is 5.92. The summed E-state index contributed by atoms with van der Waals surface area (Å²) in [5.41, 5.74) is 10.9. The van der Waals surface area contributed by atoms with Gasteiger partial charge in [-0.25, -0.2) is 0 Å². The van der Waals surface area contributed by atoms with E-state index in [1.54, 1.807) is 4.90 Å². The van der Waals surface area contributed by atoms with Gasteiger partial charge < -0.3 is 26.2 Å². The zero-order valence-electron chi connectivity index (χ0n) is 13.8. The van der Waals surface area contributed by atoms with Crippen LogP contribution in [-0.2, 0) is 9.59 Å². The molecule has 0 bridgehead atoms. The van der Waals surface area contributed by atoms with E-state index in [9.17, 15) is 9.59 Å². The summed E-state index contributed by atoms with van der Waals surface area (Å²) in [4.78, 5) is 29.1. The molecule has 4 N–H and O–H groups in total. The monoisotopic (exact) mass is 301 g/mol. The summed E-state index contributed by atoms with van der Waals surface area (Å²) in [6.07, 6.45) is 1.66.